The second kappa shape index (κ2) is 26.8. The molecule has 12 heterocycles. The lowest BCUT2D eigenvalue weighted by atomic mass is 9.85. The van der Waals surface area contributed by atoms with Gasteiger partial charge in [-0.25, -0.2) is 9.78 Å². The van der Waals surface area contributed by atoms with Gasteiger partial charge in [0.25, 0.3) is 23.6 Å². The summed E-state index contributed by atoms with van der Waals surface area (Å²) in [5, 5.41) is 20.1. The van der Waals surface area contributed by atoms with E-state index in [1.807, 2.05) is 72.8 Å². The van der Waals surface area contributed by atoms with Crippen LogP contribution in [0, 0.1) is 5.41 Å². The summed E-state index contributed by atoms with van der Waals surface area (Å²) in [6.07, 6.45) is 0.995. The van der Waals surface area contributed by atoms with Crippen LogP contribution in [0.25, 0.3) is 21.5 Å². The maximum Gasteiger partial charge on any atom is 0.410 e. The lowest BCUT2D eigenvalue weighted by Crippen LogP contribution is -2.72. The van der Waals surface area contributed by atoms with Crippen molar-refractivity contribution in [2.24, 2.45) is 12.5 Å². The monoisotopic (exact) mass is 1530 g/mol. The van der Waals surface area contributed by atoms with E-state index < -0.39 is 234 Å². The average molecular weight is 1530 g/mol. The molecule has 6 N–H and O–H groups in total. The minimum Gasteiger partial charge on any atom is -0.469 e. The number of carbonyl (C=O) groups excluding carboxylic acids is 16. The molecule has 5 spiro atoms. The number of hydrogen-bond acceptors (Lipinski definition) is 19. The van der Waals surface area contributed by atoms with Crippen LogP contribution in [0.1, 0.15) is 82.5 Å². The first-order valence-corrected chi connectivity index (χ1v) is 37.4. The maximum atomic E-state index is 16.1. The van der Waals surface area contributed by atoms with Crippen LogP contribution in [0.2, 0.25) is 0 Å². The van der Waals surface area contributed by atoms with E-state index in [0.29, 0.717) is 11.3 Å². The number of imidazole rings is 1. The number of ether oxygens (including phenoxy) is 2. The highest BCUT2D eigenvalue weighted by atomic mass is 16.6. The van der Waals surface area contributed by atoms with Crippen LogP contribution in [0.3, 0.4) is 0 Å². The smallest absolute Gasteiger partial charge is 0.410 e. The zero-order chi connectivity index (χ0) is 79.2. The molecule has 14 amide bonds. The van der Waals surface area contributed by atoms with Crippen molar-refractivity contribution in [1.29, 1.82) is 0 Å². The van der Waals surface area contributed by atoms with E-state index in [0.717, 1.165) is 41.8 Å². The summed E-state index contributed by atoms with van der Waals surface area (Å²) >= 11 is 0. The number of piperazine rings is 5. The molecule has 11 saturated heterocycles. The second-order valence-corrected chi connectivity index (χ2v) is 32.1. The number of amides is 14. The lowest BCUT2D eigenvalue weighted by molar-refractivity contribution is -0.169. The molecular formula is C78H84N16O18. The number of likely N-dealkylation sites (tertiary alicyclic amines) is 2. The number of rotatable bonds is 16. The highest BCUT2D eigenvalue weighted by Gasteiger charge is 2.73. The molecule has 34 heteroatoms. The molecule has 112 heavy (non-hydrogen) atoms. The van der Waals surface area contributed by atoms with Gasteiger partial charge in [0.2, 0.25) is 53.2 Å². The van der Waals surface area contributed by atoms with Gasteiger partial charge in [0.15, 0.2) is 5.78 Å². The number of nitrogens with zero attached hydrogens (tertiary/aromatic N) is 10. The fourth-order valence-corrected chi connectivity index (χ4v) is 19.6. The zero-order valence-corrected chi connectivity index (χ0v) is 62.2. The number of nitrogens with one attached hydrogen (secondary N) is 6. The van der Waals surface area contributed by atoms with Crippen molar-refractivity contribution in [1.82, 2.24) is 80.7 Å². The quantitative estimate of drug-likeness (QED) is 0.0464. The Labute approximate surface area is 640 Å². The summed E-state index contributed by atoms with van der Waals surface area (Å²) in [4.78, 5) is 249. The highest BCUT2D eigenvalue weighted by molar-refractivity contribution is 6.11. The Bertz CT molecular complexity index is 5020. The van der Waals surface area contributed by atoms with Gasteiger partial charge >= 0.3 is 12.1 Å². The third-order valence-corrected chi connectivity index (χ3v) is 25.4. The molecule has 4 aromatic carbocycles. The predicted molar refractivity (Wildman–Crippen MR) is 389 cm³/mol. The van der Waals surface area contributed by atoms with Crippen LogP contribution < -0.4 is 31.9 Å². The van der Waals surface area contributed by atoms with Gasteiger partial charge in [-0.05, 0) is 59.4 Å². The molecular weight excluding hydrogens is 1450 g/mol. The van der Waals surface area contributed by atoms with Crippen LogP contribution in [0.4, 0.5) is 4.79 Å². The predicted octanol–water partition coefficient (Wildman–Crippen LogP) is -1.90. The molecule has 16 rings (SSSR count). The Kier molecular flexibility index (Phi) is 17.7. The molecule has 0 saturated carbocycles. The summed E-state index contributed by atoms with van der Waals surface area (Å²) in [6.45, 7) is 3.97. The molecule has 14 atom stereocenters. The van der Waals surface area contributed by atoms with E-state index in [1.165, 1.54) is 64.1 Å². The Morgan fingerprint density at radius 3 is 1.70 bits per heavy atom. The molecule has 11 fully saturated rings. The number of benzene rings is 4. The molecule has 2 unspecified atom stereocenters. The third kappa shape index (κ3) is 11.5. The maximum absolute atomic E-state index is 16.1. The fourth-order valence-electron chi connectivity index (χ4n) is 19.6. The molecule has 0 aliphatic carbocycles. The molecule has 11 aliphatic heterocycles. The Balaban J connectivity index is 0.614. The van der Waals surface area contributed by atoms with Gasteiger partial charge in [0.05, 0.1) is 69.9 Å². The van der Waals surface area contributed by atoms with Crippen molar-refractivity contribution in [3.8, 4) is 0 Å². The van der Waals surface area contributed by atoms with E-state index >= 15 is 28.8 Å². The van der Waals surface area contributed by atoms with Gasteiger partial charge in [-0.2, -0.15) is 0 Å². The first-order valence-electron chi connectivity index (χ1n) is 37.4. The van der Waals surface area contributed by atoms with Gasteiger partial charge in [0, 0.05) is 78.3 Å². The van der Waals surface area contributed by atoms with Crippen LogP contribution >= 0.6 is 0 Å². The number of Topliss-reactive ketones (excluding diaryl/α,β-unsaturated/α-hetero) is 1. The van der Waals surface area contributed by atoms with Crippen molar-refractivity contribution >= 4 is 116 Å². The number of hydrogen-bond donors (Lipinski definition) is 6. The van der Waals surface area contributed by atoms with Crippen LogP contribution in [0.15, 0.2) is 110 Å². The van der Waals surface area contributed by atoms with Crippen molar-refractivity contribution in [3.63, 3.8) is 0 Å². The van der Waals surface area contributed by atoms with E-state index in [1.54, 1.807) is 30.7 Å². The summed E-state index contributed by atoms with van der Waals surface area (Å²) in [5.41, 5.74) is -9.02. The summed E-state index contributed by atoms with van der Waals surface area (Å²) in [6, 6.07) is 15.6. The third-order valence-electron chi connectivity index (χ3n) is 25.4. The van der Waals surface area contributed by atoms with Crippen LogP contribution in [-0.4, -0.2) is 279 Å². The number of fused-ring (bicyclic) bond motifs is 6. The first kappa shape index (κ1) is 74.0. The molecule has 584 valence electrons. The normalized spacial score (nSPS) is 31.3. The topological polar surface area (TPSA) is 407 Å². The van der Waals surface area contributed by atoms with Gasteiger partial charge < -0.3 is 80.2 Å². The van der Waals surface area contributed by atoms with E-state index in [2.05, 4.69) is 43.5 Å². The SMILES string of the molecule is C=CCOC(=O)N1C[C@@]2(C[C@H]1C(=O)N[C@@H](Cc1cccc3ccccc13)C(C)=O)C(=O)N1C[C@]3(CC1C(=O)N2Cc1cccc2ccccc12)NC(=O)C1C[C@@]2(CN1C3=O)NC(=O)[C@@H](CCNC(=O)[C@@H]1C[C@]3(CN1C(C)=O)C(=O)N1C[C@]4(C[C@H]1C(=O)N3Cc1cncn1C)NC(=O)[C@@H]1C[C@@](C)(C(=O)OC)CN1C4=O)NC2=O. The second-order valence-electron chi connectivity index (χ2n) is 32.1. The number of methoxy groups -OCH3 is 1. The minimum atomic E-state index is -2.04. The summed E-state index contributed by atoms with van der Waals surface area (Å²) < 4.78 is 12.2. The lowest BCUT2D eigenvalue weighted by Gasteiger charge is -2.48. The largest absolute Gasteiger partial charge is 0.469 e. The standard InChI is InChI=1S/C78H84N16O18/c1-7-24-112-72(110)92-40-78(31-56(92)61(99)81-52(42(2)95)25-46-18-12-16-44-14-8-10-20-49(44)46)70(108)90-38-76(28-57(90)64(102)93(78)33-47-19-13-17-45-15-9-11-21-50(45)47)68(106)89-36-74(27-54(89)63(101)85-76)66(104)82-51(59(97)83-74)22-23-80-60(98)55-30-77(39-87(55)43(3)96)69(107)91-37-75(29-58(91)65(103)94(77)34-48-32-79-41-86(48)5)67(105)88-35-73(4,71(109)111-6)26-53(88)62(100)84-75/h7-21,32,41,51-58H,1,22-31,33-40H2,2-6H3,(H,80,98)(H,81,99)(H,82,104)(H,83,97)(H,84,100)(H,85,101)/t51-,52+,53+,54?,55+,56+,57?,58+,73-,74+,75+,76+,77+,78+/m1/s1. The van der Waals surface area contributed by atoms with E-state index in [9.17, 15) is 47.9 Å². The van der Waals surface area contributed by atoms with Crippen LogP contribution in [-0.2, 0) is 108 Å². The molecule has 0 bridgehead atoms. The van der Waals surface area contributed by atoms with E-state index in [-0.39, 0.29) is 58.5 Å². The average Bonchev–Trinajstić information content (AvgIpc) is 1.54. The number of aromatic nitrogens is 2. The van der Waals surface area contributed by atoms with Gasteiger partial charge in [0.1, 0.15) is 76.6 Å². The molecule has 34 nitrogen and oxygen atoms in total. The fraction of sp³-hybridized carbons (Fsp3) is 0.474. The zero-order valence-electron chi connectivity index (χ0n) is 62.2. The Morgan fingerprint density at radius 1 is 0.598 bits per heavy atom. The first-order chi connectivity index (χ1) is 53.4. The molecule has 5 aromatic rings. The summed E-state index contributed by atoms with van der Waals surface area (Å²) in [5.74, 6) is -10.2. The van der Waals surface area contributed by atoms with E-state index in [4.69, 9.17) is 9.47 Å². The van der Waals surface area contributed by atoms with Gasteiger partial charge in [-0.15, -0.1) is 0 Å². The molecule has 11 aliphatic rings. The van der Waals surface area contributed by atoms with Gasteiger partial charge in [-0.3, -0.25) is 76.8 Å². The molecule has 1 aromatic heterocycles. The van der Waals surface area contributed by atoms with Gasteiger partial charge in [-0.1, -0.05) is 97.6 Å². The van der Waals surface area contributed by atoms with Crippen molar-refractivity contribution in [2.75, 3.05) is 59.5 Å². The van der Waals surface area contributed by atoms with Crippen molar-refractivity contribution in [2.45, 2.75) is 161 Å². The number of esters is 1. The minimum absolute atomic E-state index is 0.0204. The van der Waals surface area contributed by atoms with Crippen molar-refractivity contribution < 1.29 is 86.2 Å². The van der Waals surface area contributed by atoms with Crippen LogP contribution in [0.5, 0.6) is 0 Å². The summed E-state index contributed by atoms with van der Waals surface area (Å²) in [7, 11) is 2.88. The number of carbonyl (C=O) groups is 16. The van der Waals surface area contributed by atoms with Crippen molar-refractivity contribution in [3.05, 3.63) is 127 Å². The number of ketones is 1. The Hall–Kier alpha value is -12.1. The molecule has 0 radical (unpaired) electrons. The highest BCUT2D eigenvalue weighted by Crippen LogP contribution is 2.50. The number of aryl methyl sites for hydroxylation is 1. The Morgan fingerprint density at radius 2 is 1.12 bits per heavy atom.